The van der Waals surface area contributed by atoms with Gasteiger partial charge in [0.05, 0.1) is 30.8 Å². The molecular formula is C23H16F6N6O3. The number of nitrogens with zero attached hydrogens (tertiary/aromatic N) is 3. The van der Waals surface area contributed by atoms with E-state index in [0.29, 0.717) is 16.7 Å². The number of nitrogens with one attached hydrogen (secondary N) is 3. The van der Waals surface area contributed by atoms with Crippen molar-refractivity contribution in [1.29, 1.82) is 0 Å². The van der Waals surface area contributed by atoms with E-state index in [9.17, 15) is 35.9 Å². The summed E-state index contributed by atoms with van der Waals surface area (Å²) in [5, 5.41) is 10.3. The molecule has 3 heterocycles. The first-order valence-electron chi connectivity index (χ1n) is 10.6. The molecule has 0 atom stereocenters. The van der Waals surface area contributed by atoms with E-state index in [-0.39, 0.29) is 29.0 Å². The second-order valence-electron chi connectivity index (χ2n) is 7.85. The molecule has 0 spiro atoms. The summed E-state index contributed by atoms with van der Waals surface area (Å²) in [5.41, 5.74) is 0.396. The third kappa shape index (κ3) is 5.82. The number of amides is 2. The molecule has 0 aliphatic heterocycles. The minimum atomic E-state index is -5.09. The van der Waals surface area contributed by atoms with Gasteiger partial charge in [0.1, 0.15) is 11.4 Å². The third-order valence-corrected chi connectivity index (χ3v) is 5.19. The first kappa shape index (κ1) is 26.4. The number of anilines is 2. The predicted octanol–water partition coefficient (Wildman–Crippen LogP) is 4.73. The molecule has 0 unspecified atom stereocenters. The highest BCUT2D eigenvalue weighted by molar-refractivity contribution is 6.01. The highest BCUT2D eigenvalue weighted by atomic mass is 19.4. The fraction of sp³-hybridized carbons (Fsp3) is 0.174. The summed E-state index contributed by atoms with van der Waals surface area (Å²) in [5.74, 6) is -3.66. The summed E-state index contributed by atoms with van der Waals surface area (Å²) in [4.78, 5) is 31.3. The SMILES string of the molecule is COc1ncc(NC(=O)Cc2ccc(-c3cnc4n[nH]c(NC(=O)C(F)(F)F)c4c3)cc2)cc1C(F)(F)F. The largest absolute Gasteiger partial charge is 0.481 e. The lowest BCUT2D eigenvalue weighted by molar-refractivity contribution is -0.167. The van der Waals surface area contributed by atoms with E-state index in [4.69, 9.17) is 0 Å². The van der Waals surface area contributed by atoms with Crippen molar-refractivity contribution in [2.24, 2.45) is 0 Å². The van der Waals surface area contributed by atoms with Crippen molar-refractivity contribution in [3.8, 4) is 17.0 Å². The lowest BCUT2D eigenvalue weighted by atomic mass is 10.0. The lowest BCUT2D eigenvalue weighted by Gasteiger charge is -2.13. The van der Waals surface area contributed by atoms with E-state index in [0.717, 1.165) is 19.4 Å². The van der Waals surface area contributed by atoms with Gasteiger partial charge in [0.2, 0.25) is 11.8 Å². The number of fused-ring (bicyclic) bond motifs is 1. The molecule has 0 radical (unpaired) electrons. The van der Waals surface area contributed by atoms with Gasteiger partial charge in [0, 0.05) is 11.8 Å². The molecule has 4 aromatic rings. The second-order valence-corrected chi connectivity index (χ2v) is 7.85. The summed E-state index contributed by atoms with van der Waals surface area (Å²) >= 11 is 0. The average molecular weight is 538 g/mol. The van der Waals surface area contributed by atoms with Crippen molar-refractivity contribution in [3.05, 3.63) is 59.9 Å². The van der Waals surface area contributed by atoms with Crippen LogP contribution in [0, 0.1) is 0 Å². The van der Waals surface area contributed by atoms with Crippen LogP contribution in [0.15, 0.2) is 48.8 Å². The van der Waals surface area contributed by atoms with Crippen LogP contribution in [0.5, 0.6) is 5.88 Å². The zero-order chi connectivity index (χ0) is 27.7. The molecule has 2 amide bonds. The maximum absolute atomic E-state index is 13.2. The topological polar surface area (TPSA) is 122 Å². The molecule has 1 aromatic carbocycles. The van der Waals surface area contributed by atoms with Gasteiger partial charge in [0.25, 0.3) is 0 Å². The van der Waals surface area contributed by atoms with E-state index in [2.05, 4.69) is 30.2 Å². The number of hydrogen-bond donors (Lipinski definition) is 3. The Morgan fingerprint density at radius 1 is 0.947 bits per heavy atom. The summed E-state index contributed by atoms with van der Waals surface area (Å²) in [6.45, 7) is 0. The molecule has 15 heteroatoms. The molecule has 0 fully saturated rings. The number of benzene rings is 1. The Morgan fingerprint density at radius 3 is 2.29 bits per heavy atom. The molecule has 0 saturated carbocycles. The van der Waals surface area contributed by atoms with Gasteiger partial charge in [0.15, 0.2) is 5.65 Å². The number of rotatable bonds is 6. The zero-order valence-electron chi connectivity index (χ0n) is 19.2. The van der Waals surface area contributed by atoms with Crippen molar-refractivity contribution in [1.82, 2.24) is 20.2 Å². The van der Waals surface area contributed by atoms with Gasteiger partial charge >= 0.3 is 18.3 Å². The van der Waals surface area contributed by atoms with E-state index >= 15 is 0 Å². The van der Waals surface area contributed by atoms with Crippen molar-refractivity contribution < 1.29 is 40.7 Å². The van der Waals surface area contributed by atoms with Crippen molar-refractivity contribution in [3.63, 3.8) is 0 Å². The van der Waals surface area contributed by atoms with Crippen LogP contribution in [-0.4, -0.2) is 45.3 Å². The molecule has 0 bridgehead atoms. The fourth-order valence-electron chi connectivity index (χ4n) is 3.43. The van der Waals surface area contributed by atoms with E-state index in [1.807, 2.05) is 0 Å². The van der Waals surface area contributed by atoms with Crippen LogP contribution in [0.4, 0.5) is 37.8 Å². The van der Waals surface area contributed by atoms with Crippen LogP contribution >= 0.6 is 0 Å². The normalized spacial score (nSPS) is 11.9. The Balaban J connectivity index is 1.47. The van der Waals surface area contributed by atoms with Crippen LogP contribution in [0.3, 0.4) is 0 Å². The lowest BCUT2D eigenvalue weighted by Crippen LogP contribution is -2.30. The molecule has 4 rings (SSSR count). The quantitative estimate of drug-likeness (QED) is 0.305. The number of halogens is 6. The number of carbonyl (C=O) groups is 2. The van der Waals surface area contributed by atoms with Gasteiger partial charge in [-0.1, -0.05) is 24.3 Å². The minimum Gasteiger partial charge on any atom is -0.481 e. The molecule has 0 saturated heterocycles. The van der Waals surface area contributed by atoms with Gasteiger partial charge in [-0.3, -0.25) is 14.7 Å². The predicted molar refractivity (Wildman–Crippen MR) is 122 cm³/mol. The first-order chi connectivity index (χ1) is 17.8. The van der Waals surface area contributed by atoms with Crippen molar-refractivity contribution in [2.45, 2.75) is 18.8 Å². The van der Waals surface area contributed by atoms with Crippen LogP contribution < -0.4 is 15.4 Å². The van der Waals surface area contributed by atoms with Crippen LogP contribution in [0.1, 0.15) is 11.1 Å². The summed E-state index contributed by atoms with van der Waals surface area (Å²) < 4.78 is 81.9. The number of pyridine rings is 2. The molecule has 3 aromatic heterocycles. The number of H-pyrrole nitrogens is 1. The first-order valence-corrected chi connectivity index (χ1v) is 10.6. The standard InChI is InChI=1S/C23H16F6N6O3/c1-38-20-16(22(24,25)26)8-14(10-31-20)32-17(36)6-11-2-4-12(5-3-11)13-7-15-18(30-9-13)34-35-19(15)33-21(37)23(27,28)29/h2-5,7-10H,6H2,1H3,(H,32,36)(H2,30,33,34,35,37). The van der Waals surface area contributed by atoms with Gasteiger partial charge in [-0.25, -0.2) is 9.97 Å². The molecule has 0 aliphatic rings. The Labute approximate surface area is 209 Å². The number of carbonyl (C=O) groups excluding carboxylic acids is 2. The number of aromatic nitrogens is 4. The Morgan fingerprint density at radius 2 is 1.66 bits per heavy atom. The summed E-state index contributed by atoms with van der Waals surface area (Å²) in [7, 11) is 1.05. The van der Waals surface area contributed by atoms with Gasteiger partial charge in [-0.05, 0) is 23.3 Å². The molecule has 3 N–H and O–H groups in total. The van der Waals surface area contributed by atoms with Gasteiger partial charge in [-0.2, -0.15) is 31.4 Å². The molecule has 9 nitrogen and oxygen atoms in total. The molecule has 0 aliphatic carbocycles. The van der Waals surface area contributed by atoms with E-state index in [1.54, 1.807) is 29.6 Å². The monoisotopic (exact) mass is 538 g/mol. The summed E-state index contributed by atoms with van der Waals surface area (Å²) in [6.07, 6.45) is -7.52. The van der Waals surface area contributed by atoms with Gasteiger partial charge < -0.3 is 15.4 Å². The highest BCUT2D eigenvalue weighted by Gasteiger charge is 2.39. The number of alkyl halides is 6. The van der Waals surface area contributed by atoms with Crippen LogP contribution in [0.25, 0.3) is 22.2 Å². The van der Waals surface area contributed by atoms with Crippen molar-refractivity contribution in [2.75, 3.05) is 17.7 Å². The molecule has 198 valence electrons. The van der Waals surface area contributed by atoms with Crippen LogP contribution in [-0.2, 0) is 22.2 Å². The van der Waals surface area contributed by atoms with E-state index in [1.165, 1.54) is 12.3 Å². The second kappa shape index (κ2) is 9.99. The number of hydrogen-bond acceptors (Lipinski definition) is 6. The number of ether oxygens (including phenoxy) is 1. The Kier molecular flexibility index (Phi) is 6.93. The number of aromatic amines is 1. The Hall–Kier alpha value is -4.69. The maximum Gasteiger partial charge on any atom is 0.471 e. The fourth-order valence-corrected chi connectivity index (χ4v) is 3.43. The molecule has 38 heavy (non-hydrogen) atoms. The van der Waals surface area contributed by atoms with Crippen molar-refractivity contribution >= 4 is 34.4 Å². The smallest absolute Gasteiger partial charge is 0.471 e. The molecular weight excluding hydrogens is 522 g/mol. The van der Waals surface area contributed by atoms with Gasteiger partial charge in [-0.15, -0.1) is 0 Å². The van der Waals surface area contributed by atoms with E-state index < -0.39 is 35.6 Å². The average Bonchev–Trinajstić information content (AvgIpc) is 3.25. The Bertz CT molecular complexity index is 1500. The number of methoxy groups -OCH3 is 1. The third-order valence-electron chi connectivity index (χ3n) is 5.19. The summed E-state index contributed by atoms with van der Waals surface area (Å²) in [6, 6.07) is 8.63. The van der Waals surface area contributed by atoms with Crippen LogP contribution in [0.2, 0.25) is 0 Å². The zero-order valence-corrected chi connectivity index (χ0v) is 19.2. The maximum atomic E-state index is 13.2. The minimum absolute atomic E-state index is 0.0845. The highest BCUT2D eigenvalue weighted by Crippen LogP contribution is 2.36.